The highest BCUT2D eigenvalue weighted by Gasteiger charge is 2.38. The smallest absolute Gasteiger partial charge is 0.271 e. The highest BCUT2D eigenvalue weighted by Crippen LogP contribution is 2.31. The Labute approximate surface area is 97.9 Å². The summed E-state index contributed by atoms with van der Waals surface area (Å²) in [5, 5.41) is 12.2. The summed E-state index contributed by atoms with van der Waals surface area (Å²) in [6, 6.07) is 0. The summed E-state index contributed by atoms with van der Waals surface area (Å²) in [5.41, 5.74) is -0.248. The third kappa shape index (κ3) is 2.15. The second-order valence-electron chi connectivity index (χ2n) is 3.97. The van der Waals surface area contributed by atoms with Gasteiger partial charge in [0.05, 0.1) is 24.5 Å². The van der Waals surface area contributed by atoms with Crippen molar-refractivity contribution in [3.63, 3.8) is 0 Å². The highest BCUT2D eigenvalue weighted by molar-refractivity contribution is 6.29. The van der Waals surface area contributed by atoms with Gasteiger partial charge in [-0.05, 0) is 19.3 Å². The number of amides is 1. The largest absolute Gasteiger partial charge is 0.394 e. The molecular formula is C10H12ClN3O2. The van der Waals surface area contributed by atoms with Crippen molar-refractivity contribution in [1.82, 2.24) is 15.3 Å². The van der Waals surface area contributed by atoms with E-state index >= 15 is 0 Å². The molecule has 1 heterocycles. The lowest BCUT2D eigenvalue weighted by molar-refractivity contribution is 0.0637. The number of nitrogens with zero attached hydrogens (tertiary/aromatic N) is 2. The Morgan fingerprint density at radius 3 is 2.69 bits per heavy atom. The molecule has 0 spiro atoms. The summed E-state index contributed by atoms with van der Waals surface area (Å²) >= 11 is 5.57. The maximum atomic E-state index is 11.8. The molecule has 86 valence electrons. The first-order valence-corrected chi connectivity index (χ1v) is 5.44. The zero-order valence-electron chi connectivity index (χ0n) is 8.61. The second kappa shape index (κ2) is 4.35. The molecule has 0 saturated heterocycles. The van der Waals surface area contributed by atoms with Crippen molar-refractivity contribution in [2.75, 3.05) is 6.61 Å². The van der Waals surface area contributed by atoms with Gasteiger partial charge < -0.3 is 10.4 Å². The Kier molecular flexibility index (Phi) is 3.07. The van der Waals surface area contributed by atoms with Crippen LogP contribution in [0, 0.1) is 0 Å². The van der Waals surface area contributed by atoms with Gasteiger partial charge in [-0.25, -0.2) is 9.97 Å². The summed E-state index contributed by atoms with van der Waals surface area (Å²) in [6.45, 7) is -0.0419. The number of nitrogens with one attached hydrogen (secondary N) is 1. The molecule has 1 aromatic heterocycles. The number of carbonyl (C=O) groups is 1. The average Bonchev–Trinajstić information content (AvgIpc) is 2.24. The number of hydrogen-bond acceptors (Lipinski definition) is 4. The maximum absolute atomic E-state index is 11.8. The van der Waals surface area contributed by atoms with Crippen molar-refractivity contribution >= 4 is 17.5 Å². The monoisotopic (exact) mass is 241 g/mol. The molecule has 0 atom stereocenters. The van der Waals surface area contributed by atoms with E-state index in [1.807, 2.05) is 0 Å². The van der Waals surface area contributed by atoms with Gasteiger partial charge in [0.15, 0.2) is 0 Å². The minimum absolute atomic E-state index is 0.0419. The molecule has 1 amide bonds. The fourth-order valence-electron chi connectivity index (χ4n) is 1.66. The fourth-order valence-corrected chi connectivity index (χ4v) is 1.76. The van der Waals surface area contributed by atoms with Crippen LogP contribution in [0.3, 0.4) is 0 Å². The normalized spacial score (nSPS) is 17.6. The van der Waals surface area contributed by atoms with Crippen LogP contribution in [0.25, 0.3) is 0 Å². The first-order valence-electron chi connectivity index (χ1n) is 5.06. The van der Waals surface area contributed by atoms with Gasteiger partial charge in [-0.15, -0.1) is 0 Å². The van der Waals surface area contributed by atoms with E-state index in [0.717, 1.165) is 19.3 Å². The van der Waals surface area contributed by atoms with E-state index in [0.29, 0.717) is 0 Å². The van der Waals surface area contributed by atoms with E-state index in [4.69, 9.17) is 11.6 Å². The highest BCUT2D eigenvalue weighted by atomic mass is 35.5. The van der Waals surface area contributed by atoms with Crippen molar-refractivity contribution in [2.45, 2.75) is 24.8 Å². The van der Waals surface area contributed by atoms with E-state index in [2.05, 4.69) is 15.3 Å². The van der Waals surface area contributed by atoms with Crippen LogP contribution in [0.2, 0.25) is 5.15 Å². The molecule has 1 saturated carbocycles. The number of rotatable bonds is 3. The lowest BCUT2D eigenvalue weighted by Crippen LogP contribution is -2.56. The van der Waals surface area contributed by atoms with Crippen LogP contribution in [0.5, 0.6) is 0 Å². The van der Waals surface area contributed by atoms with Crippen LogP contribution < -0.4 is 5.32 Å². The van der Waals surface area contributed by atoms with Gasteiger partial charge >= 0.3 is 0 Å². The molecule has 1 aliphatic carbocycles. The molecule has 2 rings (SSSR count). The molecule has 0 bridgehead atoms. The van der Waals surface area contributed by atoms with E-state index in [1.54, 1.807) is 0 Å². The lowest BCUT2D eigenvalue weighted by Gasteiger charge is -2.40. The average molecular weight is 242 g/mol. The molecule has 6 heteroatoms. The van der Waals surface area contributed by atoms with E-state index in [9.17, 15) is 9.90 Å². The SMILES string of the molecule is O=C(NC1(CO)CCC1)c1cnc(Cl)cn1. The molecule has 0 unspecified atom stereocenters. The Bertz CT molecular complexity index is 384. The Morgan fingerprint density at radius 2 is 2.25 bits per heavy atom. The van der Waals surface area contributed by atoms with E-state index in [1.165, 1.54) is 12.4 Å². The molecule has 0 radical (unpaired) electrons. The minimum atomic E-state index is -0.460. The van der Waals surface area contributed by atoms with Crippen molar-refractivity contribution in [3.05, 3.63) is 23.2 Å². The number of halogens is 1. The van der Waals surface area contributed by atoms with Crippen molar-refractivity contribution in [3.8, 4) is 0 Å². The van der Waals surface area contributed by atoms with Crippen LogP contribution in [-0.2, 0) is 0 Å². The molecule has 0 aromatic carbocycles. The third-order valence-electron chi connectivity index (χ3n) is 2.84. The Morgan fingerprint density at radius 1 is 1.50 bits per heavy atom. The van der Waals surface area contributed by atoms with Crippen LogP contribution in [0.1, 0.15) is 29.8 Å². The molecular weight excluding hydrogens is 230 g/mol. The summed E-state index contributed by atoms with van der Waals surface area (Å²) in [6.07, 6.45) is 5.27. The van der Waals surface area contributed by atoms with E-state index in [-0.39, 0.29) is 23.4 Å². The van der Waals surface area contributed by atoms with Gasteiger partial charge in [-0.1, -0.05) is 11.6 Å². The predicted octanol–water partition coefficient (Wildman–Crippen LogP) is 0.775. The standard InChI is InChI=1S/C10H12ClN3O2/c11-8-5-12-7(4-13-8)9(16)14-10(6-15)2-1-3-10/h4-5,15H,1-3,6H2,(H,14,16). The van der Waals surface area contributed by atoms with Crippen molar-refractivity contribution in [2.24, 2.45) is 0 Å². The predicted molar refractivity (Wildman–Crippen MR) is 58.2 cm³/mol. The van der Waals surface area contributed by atoms with Crippen LogP contribution in [0.15, 0.2) is 12.4 Å². The number of aliphatic hydroxyl groups excluding tert-OH is 1. The van der Waals surface area contributed by atoms with Gasteiger partial charge in [-0.3, -0.25) is 4.79 Å². The topological polar surface area (TPSA) is 75.1 Å². The molecule has 1 aliphatic rings. The Balaban J connectivity index is 2.05. The van der Waals surface area contributed by atoms with Crippen molar-refractivity contribution in [1.29, 1.82) is 0 Å². The van der Waals surface area contributed by atoms with Gasteiger partial charge in [0, 0.05) is 0 Å². The summed E-state index contributed by atoms with van der Waals surface area (Å²) < 4.78 is 0. The van der Waals surface area contributed by atoms with Gasteiger partial charge in [0.2, 0.25) is 0 Å². The number of aliphatic hydroxyl groups is 1. The van der Waals surface area contributed by atoms with Gasteiger partial charge in [0.25, 0.3) is 5.91 Å². The second-order valence-corrected chi connectivity index (χ2v) is 4.36. The number of aromatic nitrogens is 2. The molecule has 0 aliphatic heterocycles. The molecule has 5 nitrogen and oxygen atoms in total. The third-order valence-corrected chi connectivity index (χ3v) is 3.04. The minimum Gasteiger partial charge on any atom is -0.394 e. The van der Waals surface area contributed by atoms with Crippen molar-refractivity contribution < 1.29 is 9.90 Å². The Hall–Kier alpha value is -1.20. The molecule has 16 heavy (non-hydrogen) atoms. The first kappa shape index (κ1) is 11.3. The summed E-state index contributed by atoms with van der Waals surface area (Å²) in [4.78, 5) is 19.4. The summed E-state index contributed by atoms with van der Waals surface area (Å²) in [7, 11) is 0. The maximum Gasteiger partial charge on any atom is 0.271 e. The zero-order valence-corrected chi connectivity index (χ0v) is 9.37. The van der Waals surface area contributed by atoms with Gasteiger partial charge in [-0.2, -0.15) is 0 Å². The number of carbonyl (C=O) groups excluding carboxylic acids is 1. The van der Waals surface area contributed by atoms with E-state index < -0.39 is 5.54 Å². The molecule has 2 N–H and O–H groups in total. The van der Waals surface area contributed by atoms with Crippen LogP contribution in [0.4, 0.5) is 0 Å². The molecule has 1 fully saturated rings. The quantitative estimate of drug-likeness (QED) is 0.820. The van der Waals surface area contributed by atoms with Crippen LogP contribution in [-0.4, -0.2) is 33.1 Å². The van der Waals surface area contributed by atoms with Gasteiger partial charge in [0.1, 0.15) is 10.8 Å². The molecule has 1 aromatic rings. The summed E-state index contributed by atoms with van der Waals surface area (Å²) in [5.74, 6) is -0.321. The first-order chi connectivity index (χ1) is 7.65. The van der Waals surface area contributed by atoms with Crippen LogP contribution >= 0.6 is 11.6 Å². The number of hydrogen-bond donors (Lipinski definition) is 2. The fraction of sp³-hybridized carbons (Fsp3) is 0.500. The zero-order chi connectivity index (χ0) is 11.6. The lowest BCUT2D eigenvalue weighted by atomic mass is 9.77.